The lowest BCUT2D eigenvalue weighted by molar-refractivity contribution is -0.117. The molecule has 0 aliphatic carbocycles. The van der Waals surface area contributed by atoms with Crippen molar-refractivity contribution in [2.75, 3.05) is 43.2 Å². The van der Waals surface area contributed by atoms with E-state index < -0.39 is 0 Å². The molecule has 0 radical (unpaired) electrons. The molecule has 1 aliphatic rings. The number of hydrogen-bond acceptors (Lipinski definition) is 5. The van der Waals surface area contributed by atoms with Crippen molar-refractivity contribution in [1.29, 1.82) is 0 Å². The Morgan fingerprint density at radius 2 is 1.96 bits per heavy atom. The second kappa shape index (κ2) is 8.30. The second-order valence-electron chi connectivity index (χ2n) is 6.21. The van der Waals surface area contributed by atoms with Crippen LogP contribution in [0.2, 0.25) is 0 Å². The standard InChI is InChI=1S/C17H23N3O3S/c1-12(21)24-11-13-8-17(23)20(9-13)15-6-4-14(5-7-15)18-16(22)10-19(2)3/h4-7,13H,8-11H2,1-3H3,(H,18,22). The molecular weight excluding hydrogens is 326 g/mol. The quantitative estimate of drug-likeness (QED) is 0.848. The third-order valence-corrected chi connectivity index (χ3v) is 4.69. The van der Waals surface area contributed by atoms with E-state index in [0.717, 1.165) is 5.69 Å². The van der Waals surface area contributed by atoms with Crippen LogP contribution in [0.15, 0.2) is 24.3 Å². The summed E-state index contributed by atoms with van der Waals surface area (Å²) in [6.07, 6.45) is 0.474. The summed E-state index contributed by atoms with van der Waals surface area (Å²) in [6, 6.07) is 7.27. The number of hydrogen-bond donors (Lipinski definition) is 1. The smallest absolute Gasteiger partial charge is 0.238 e. The number of benzene rings is 1. The summed E-state index contributed by atoms with van der Waals surface area (Å²) in [7, 11) is 3.67. The number of amides is 2. The Hall–Kier alpha value is -1.86. The van der Waals surface area contributed by atoms with Crippen molar-refractivity contribution in [2.45, 2.75) is 13.3 Å². The van der Waals surface area contributed by atoms with Gasteiger partial charge in [0, 0.05) is 37.0 Å². The number of carbonyl (C=O) groups excluding carboxylic acids is 3. The lowest BCUT2D eigenvalue weighted by Gasteiger charge is -2.17. The van der Waals surface area contributed by atoms with Gasteiger partial charge in [-0.05, 0) is 44.3 Å². The van der Waals surface area contributed by atoms with Crippen LogP contribution in [0.5, 0.6) is 0 Å². The molecule has 1 aliphatic heterocycles. The van der Waals surface area contributed by atoms with Crippen LogP contribution in [0.3, 0.4) is 0 Å². The topological polar surface area (TPSA) is 69.7 Å². The minimum Gasteiger partial charge on any atom is -0.325 e. The van der Waals surface area contributed by atoms with E-state index in [1.54, 1.807) is 28.9 Å². The van der Waals surface area contributed by atoms with Gasteiger partial charge in [-0.1, -0.05) is 11.8 Å². The zero-order chi connectivity index (χ0) is 17.7. The summed E-state index contributed by atoms with van der Waals surface area (Å²) in [5, 5.41) is 2.90. The average molecular weight is 349 g/mol. The monoisotopic (exact) mass is 349 g/mol. The summed E-state index contributed by atoms with van der Waals surface area (Å²) in [5.74, 6) is 0.877. The predicted octanol–water partition coefficient (Wildman–Crippen LogP) is 1.82. The number of rotatable bonds is 6. The fourth-order valence-corrected chi connectivity index (χ4v) is 3.28. The van der Waals surface area contributed by atoms with Gasteiger partial charge in [0.15, 0.2) is 5.12 Å². The third-order valence-electron chi connectivity index (χ3n) is 3.65. The van der Waals surface area contributed by atoms with Crippen LogP contribution < -0.4 is 10.2 Å². The van der Waals surface area contributed by atoms with Crippen molar-refractivity contribution >= 4 is 40.1 Å². The van der Waals surface area contributed by atoms with E-state index in [9.17, 15) is 14.4 Å². The first-order valence-corrected chi connectivity index (χ1v) is 8.82. The maximum absolute atomic E-state index is 12.2. The molecule has 1 N–H and O–H groups in total. The van der Waals surface area contributed by atoms with Crippen LogP contribution in [0, 0.1) is 5.92 Å². The molecule has 0 bridgehead atoms. The minimum absolute atomic E-state index is 0.0774. The minimum atomic E-state index is -0.0775. The molecule has 0 aromatic heterocycles. The van der Waals surface area contributed by atoms with E-state index in [1.165, 1.54) is 11.8 Å². The van der Waals surface area contributed by atoms with E-state index in [1.807, 2.05) is 26.2 Å². The average Bonchev–Trinajstić information content (AvgIpc) is 2.86. The van der Waals surface area contributed by atoms with Crippen molar-refractivity contribution in [3.05, 3.63) is 24.3 Å². The Labute approximate surface area is 146 Å². The number of likely N-dealkylation sites (N-methyl/N-ethyl adjacent to an activating group) is 1. The van der Waals surface area contributed by atoms with E-state index in [-0.39, 0.29) is 22.8 Å². The number of carbonyl (C=O) groups is 3. The van der Waals surface area contributed by atoms with Gasteiger partial charge in [-0.2, -0.15) is 0 Å². The summed E-state index contributed by atoms with van der Waals surface area (Å²) < 4.78 is 0. The van der Waals surface area contributed by atoms with Crippen LogP contribution in [0.4, 0.5) is 11.4 Å². The van der Waals surface area contributed by atoms with Crippen molar-refractivity contribution < 1.29 is 14.4 Å². The van der Waals surface area contributed by atoms with Gasteiger partial charge in [-0.25, -0.2) is 0 Å². The Balaban J connectivity index is 1.94. The lowest BCUT2D eigenvalue weighted by Crippen LogP contribution is -2.27. The zero-order valence-electron chi connectivity index (χ0n) is 14.2. The van der Waals surface area contributed by atoms with Crippen LogP contribution in [-0.4, -0.2) is 54.8 Å². The van der Waals surface area contributed by atoms with E-state index in [4.69, 9.17) is 0 Å². The van der Waals surface area contributed by atoms with Crippen LogP contribution in [0.1, 0.15) is 13.3 Å². The Morgan fingerprint density at radius 3 is 2.54 bits per heavy atom. The highest BCUT2D eigenvalue weighted by Crippen LogP contribution is 2.28. The first kappa shape index (κ1) is 18.5. The molecule has 0 spiro atoms. The summed E-state index contributed by atoms with van der Waals surface area (Å²) in [6.45, 7) is 2.50. The molecule has 0 saturated carbocycles. The highest BCUT2D eigenvalue weighted by Gasteiger charge is 2.30. The molecule has 1 atom stereocenters. The largest absolute Gasteiger partial charge is 0.325 e. The molecule has 7 heteroatoms. The molecule has 130 valence electrons. The number of nitrogens with zero attached hydrogens (tertiary/aromatic N) is 2. The van der Waals surface area contributed by atoms with Gasteiger partial charge in [0.05, 0.1) is 6.54 Å². The molecule has 1 saturated heterocycles. The van der Waals surface area contributed by atoms with Gasteiger partial charge in [-0.15, -0.1) is 0 Å². The van der Waals surface area contributed by atoms with Crippen LogP contribution in [-0.2, 0) is 14.4 Å². The van der Waals surface area contributed by atoms with E-state index in [2.05, 4.69) is 5.32 Å². The van der Waals surface area contributed by atoms with Gasteiger partial charge >= 0.3 is 0 Å². The van der Waals surface area contributed by atoms with Crippen molar-refractivity contribution in [3.63, 3.8) is 0 Å². The normalized spacial score (nSPS) is 17.4. The van der Waals surface area contributed by atoms with Crippen molar-refractivity contribution in [2.24, 2.45) is 5.92 Å². The maximum atomic E-state index is 12.2. The molecule has 1 heterocycles. The van der Waals surface area contributed by atoms with Gasteiger partial charge < -0.3 is 15.1 Å². The molecule has 2 amide bonds. The molecule has 1 aromatic carbocycles. The second-order valence-corrected chi connectivity index (χ2v) is 7.41. The molecule has 2 rings (SSSR count). The van der Waals surface area contributed by atoms with Crippen molar-refractivity contribution in [1.82, 2.24) is 4.90 Å². The highest BCUT2D eigenvalue weighted by atomic mass is 32.2. The molecule has 24 heavy (non-hydrogen) atoms. The summed E-state index contributed by atoms with van der Waals surface area (Å²) in [5.41, 5.74) is 1.53. The highest BCUT2D eigenvalue weighted by molar-refractivity contribution is 8.13. The third kappa shape index (κ3) is 5.35. The zero-order valence-corrected chi connectivity index (χ0v) is 15.1. The number of anilines is 2. The van der Waals surface area contributed by atoms with Gasteiger partial charge in [0.25, 0.3) is 0 Å². The van der Waals surface area contributed by atoms with Gasteiger partial charge in [-0.3, -0.25) is 14.4 Å². The SMILES string of the molecule is CC(=O)SCC1CC(=O)N(c2ccc(NC(=O)CN(C)C)cc2)C1. The van der Waals surface area contributed by atoms with Crippen molar-refractivity contribution in [3.8, 4) is 0 Å². The fourth-order valence-electron chi connectivity index (χ4n) is 2.59. The lowest BCUT2D eigenvalue weighted by atomic mass is 10.1. The first-order chi connectivity index (χ1) is 11.3. The molecular formula is C17H23N3O3S. The molecule has 1 unspecified atom stereocenters. The Kier molecular flexibility index (Phi) is 6.39. The molecule has 1 aromatic rings. The van der Waals surface area contributed by atoms with E-state index >= 15 is 0 Å². The molecule has 6 nitrogen and oxygen atoms in total. The summed E-state index contributed by atoms with van der Waals surface area (Å²) in [4.78, 5) is 38.5. The molecule has 1 fully saturated rings. The van der Waals surface area contributed by atoms with Crippen LogP contribution >= 0.6 is 11.8 Å². The fraction of sp³-hybridized carbons (Fsp3) is 0.471. The number of thioether (sulfide) groups is 1. The summed E-state index contributed by atoms with van der Waals surface area (Å²) >= 11 is 1.27. The first-order valence-electron chi connectivity index (χ1n) is 7.83. The van der Waals surface area contributed by atoms with Gasteiger partial charge in [0.2, 0.25) is 11.8 Å². The maximum Gasteiger partial charge on any atom is 0.238 e. The Morgan fingerprint density at radius 1 is 1.29 bits per heavy atom. The van der Waals surface area contributed by atoms with E-state index in [0.29, 0.717) is 31.0 Å². The Bertz CT molecular complexity index is 616. The predicted molar refractivity (Wildman–Crippen MR) is 97.2 cm³/mol. The van der Waals surface area contributed by atoms with Gasteiger partial charge in [0.1, 0.15) is 0 Å². The van der Waals surface area contributed by atoms with Crippen LogP contribution in [0.25, 0.3) is 0 Å². The number of nitrogens with one attached hydrogen (secondary N) is 1.